The summed E-state index contributed by atoms with van der Waals surface area (Å²) in [7, 11) is 0. The van der Waals surface area contributed by atoms with Crippen molar-refractivity contribution in [2.24, 2.45) is 0 Å². The molecule has 0 aliphatic carbocycles. The van der Waals surface area contributed by atoms with Crippen molar-refractivity contribution < 1.29 is 14.7 Å². The molecule has 0 saturated heterocycles. The van der Waals surface area contributed by atoms with E-state index in [1.807, 2.05) is 25.1 Å². The predicted octanol–water partition coefficient (Wildman–Crippen LogP) is 2.52. The average Bonchev–Trinajstić information content (AvgIpc) is 2.18. The standard InChI is InChI=1S/C12H12O3S/c1-7-2-3-11-9(4-7)10(13)5-8(16-11)6-12(14)15/h2-4,8H,5-6H2,1H3,(H,14,15). The Balaban J connectivity index is 2.26. The Morgan fingerprint density at radius 1 is 1.56 bits per heavy atom. The molecule has 1 unspecified atom stereocenters. The van der Waals surface area contributed by atoms with Gasteiger partial charge in [-0.15, -0.1) is 11.8 Å². The van der Waals surface area contributed by atoms with Crippen LogP contribution in [0.3, 0.4) is 0 Å². The number of hydrogen-bond acceptors (Lipinski definition) is 3. The Kier molecular flexibility index (Phi) is 3.01. The van der Waals surface area contributed by atoms with E-state index in [0.717, 1.165) is 16.0 Å². The molecule has 0 fully saturated rings. The number of Topliss-reactive ketones (excluding diaryl/α,β-unsaturated/α-hetero) is 1. The van der Waals surface area contributed by atoms with Crippen LogP contribution >= 0.6 is 11.8 Å². The summed E-state index contributed by atoms with van der Waals surface area (Å²) in [6, 6.07) is 5.73. The van der Waals surface area contributed by atoms with Crippen LogP contribution in [0.4, 0.5) is 0 Å². The molecule has 16 heavy (non-hydrogen) atoms. The number of thioether (sulfide) groups is 1. The quantitative estimate of drug-likeness (QED) is 0.857. The molecule has 1 aromatic rings. The highest BCUT2D eigenvalue weighted by Gasteiger charge is 2.27. The van der Waals surface area contributed by atoms with Gasteiger partial charge >= 0.3 is 5.97 Å². The second-order valence-corrected chi connectivity index (χ2v) is 5.31. The van der Waals surface area contributed by atoms with E-state index >= 15 is 0 Å². The fourth-order valence-electron chi connectivity index (χ4n) is 1.81. The third-order valence-corrected chi connectivity index (χ3v) is 3.82. The van der Waals surface area contributed by atoms with E-state index in [1.54, 1.807) is 0 Å². The third kappa shape index (κ3) is 2.27. The van der Waals surface area contributed by atoms with E-state index in [1.165, 1.54) is 11.8 Å². The van der Waals surface area contributed by atoms with Crippen LogP contribution in [-0.4, -0.2) is 22.1 Å². The fourth-order valence-corrected chi connectivity index (χ4v) is 3.08. The number of rotatable bonds is 2. The highest BCUT2D eigenvalue weighted by molar-refractivity contribution is 8.00. The van der Waals surface area contributed by atoms with Crippen LogP contribution in [-0.2, 0) is 4.79 Å². The number of hydrogen-bond donors (Lipinski definition) is 1. The smallest absolute Gasteiger partial charge is 0.304 e. The van der Waals surface area contributed by atoms with Crippen molar-refractivity contribution >= 4 is 23.5 Å². The molecule has 0 aromatic heterocycles. The number of aryl methyl sites for hydroxylation is 1. The molecule has 1 aliphatic heterocycles. The third-order valence-electron chi connectivity index (χ3n) is 2.54. The van der Waals surface area contributed by atoms with Gasteiger partial charge < -0.3 is 5.11 Å². The lowest BCUT2D eigenvalue weighted by Crippen LogP contribution is -2.20. The van der Waals surface area contributed by atoms with Gasteiger partial charge in [0.1, 0.15) is 0 Å². The van der Waals surface area contributed by atoms with E-state index in [-0.39, 0.29) is 17.5 Å². The Morgan fingerprint density at radius 3 is 3.00 bits per heavy atom. The number of carboxylic acids is 1. The van der Waals surface area contributed by atoms with Gasteiger partial charge in [0, 0.05) is 22.1 Å². The predicted molar refractivity (Wildman–Crippen MR) is 62.0 cm³/mol. The minimum atomic E-state index is -0.846. The van der Waals surface area contributed by atoms with Crippen LogP contribution < -0.4 is 0 Å². The van der Waals surface area contributed by atoms with Crippen LogP contribution in [0.1, 0.15) is 28.8 Å². The molecule has 1 N–H and O–H groups in total. The van der Waals surface area contributed by atoms with Gasteiger partial charge in [-0.05, 0) is 19.1 Å². The van der Waals surface area contributed by atoms with Crippen molar-refractivity contribution in [2.45, 2.75) is 29.9 Å². The van der Waals surface area contributed by atoms with Crippen LogP contribution in [0.15, 0.2) is 23.1 Å². The molecular weight excluding hydrogens is 224 g/mol. The molecule has 1 aliphatic rings. The van der Waals surface area contributed by atoms with Crippen molar-refractivity contribution in [3.8, 4) is 0 Å². The highest BCUT2D eigenvalue weighted by Crippen LogP contribution is 2.37. The summed E-state index contributed by atoms with van der Waals surface area (Å²) in [5, 5.41) is 8.59. The molecule has 0 spiro atoms. The zero-order chi connectivity index (χ0) is 11.7. The summed E-state index contributed by atoms with van der Waals surface area (Å²) in [5.74, 6) is -0.787. The monoisotopic (exact) mass is 236 g/mol. The molecule has 0 amide bonds. The second kappa shape index (κ2) is 4.29. The number of fused-ring (bicyclic) bond motifs is 1. The lowest BCUT2D eigenvalue weighted by molar-refractivity contribution is -0.136. The lowest BCUT2D eigenvalue weighted by Gasteiger charge is -2.21. The fraction of sp³-hybridized carbons (Fsp3) is 0.333. The van der Waals surface area contributed by atoms with Crippen LogP contribution in [0.2, 0.25) is 0 Å². The number of carboxylic acid groups (broad SMARTS) is 1. The normalized spacial score (nSPS) is 19.3. The lowest BCUT2D eigenvalue weighted by atomic mass is 10.0. The van der Waals surface area contributed by atoms with Crippen molar-refractivity contribution in [3.63, 3.8) is 0 Å². The summed E-state index contributed by atoms with van der Waals surface area (Å²) in [4.78, 5) is 23.3. The average molecular weight is 236 g/mol. The Labute approximate surface area is 97.9 Å². The molecule has 1 heterocycles. The van der Waals surface area contributed by atoms with Crippen molar-refractivity contribution in [1.82, 2.24) is 0 Å². The molecule has 4 heteroatoms. The first-order valence-corrected chi connectivity index (χ1v) is 5.96. The van der Waals surface area contributed by atoms with Gasteiger partial charge in [-0.25, -0.2) is 0 Å². The molecule has 0 radical (unpaired) electrons. The SMILES string of the molecule is Cc1ccc2c(c1)C(=O)CC(CC(=O)O)S2. The first kappa shape index (κ1) is 11.2. The maximum Gasteiger partial charge on any atom is 0.304 e. The second-order valence-electron chi connectivity index (χ2n) is 3.96. The molecular formula is C12H12O3S. The molecule has 0 saturated carbocycles. The number of carbonyl (C=O) groups excluding carboxylic acids is 1. The minimum absolute atomic E-state index is 0.0454. The Morgan fingerprint density at radius 2 is 2.31 bits per heavy atom. The largest absolute Gasteiger partial charge is 0.481 e. The maximum absolute atomic E-state index is 11.8. The van der Waals surface area contributed by atoms with Crippen molar-refractivity contribution in [1.29, 1.82) is 0 Å². The first-order chi connectivity index (χ1) is 7.56. The van der Waals surface area contributed by atoms with E-state index in [4.69, 9.17) is 5.11 Å². The highest BCUT2D eigenvalue weighted by atomic mass is 32.2. The van der Waals surface area contributed by atoms with Gasteiger partial charge in [0.15, 0.2) is 5.78 Å². The van der Waals surface area contributed by atoms with Crippen molar-refractivity contribution in [3.05, 3.63) is 29.3 Å². The molecule has 2 rings (SSSR count). The van der Waals surface area contributed by atoms with Crippen LogP contribution in [0.5, 0.6) is 0 Å². The summed E-state index contributed by atoms with van der Waals surface area (Å²) < 4.78 is 0. The van der Waals surface area contributed by atoms with Crippen LogP contribution in [0.25, 0.3) is 0 Å². The number of aliphatic carboxylic acids is 1. The van der Waals surface area contributed by atoms with E-state index in [2.05, 4.69) is 0 Å². The van der Waals surface area contributed by atoms with Gasteiger partial charge in [0.05, 0.1) is 6.42 Å². The summed E-state index contributed by atoms with van der Waals surface area (Å²) in [6.07, 6.45) is 0.372. The van der Waals surface area contributed by atoms with Gasteiger partial charge in [-0.2, -0.15) is 0 Å². The summed E-state index contributed by atoms with van der Waals surface area (Å²) in [6.45, 7) is 1.95. The van der Waals surface area contributed by atoms with Gasteiger partial charge in [-0.1, -0.05) is 11.6 Å². The molecule has 84 valence electrons. The summed E-state index contributed by atoms with van der Waals surface area (Å²) >= 11 is 1.50. The number of benzene rings is 1. The summed E-state index contributed by atoms with van der Waals surface area (Å²) in [5.41, 5.74) is 1.80. The number of ketones is 1. The zero-order valence-electron chi connectivity index (χ0n) is 8.90. The topological polar surface area (TPSA) is 54.4 Å². The minimum Gasteiger partial charge on any atom is -0.481 e. The van der Waals surface area contributed by atoms with Gasteiger partial charge in [0.2, 0.25) is 0 Å². The van der Waals surface area contributed by atoms with Gasteiger partial charge in [0.25, 0.3) is 0 Å². The molecule has 1 aromatic carbocycles. The van der Waals surface area contributed by atoms with Gasteiger partial charge in [-0.3, -0.25) is 9.59 Å². The van der Waals surface area contributed by atoms with E-state index < -0.39 is 5.97 Å². The Hall–Kier alpha value is -1.29. The van der Waals surface area contributed by atoms with Crippen LogP contribution in [0, 0.1) is 6.92 Å². The first-order valence-electron chi connectivity index (χ1n) is 5.08. The molecule has 0 bridgehead atoms. The van der Waals surface area contributed by atoms with E-state index in [9.17, 15) is 9.59 Å². The van der Waals surface area contributed by atoms with E-state index in [0.29, 0.717) is 6.42 Å². The Bertz CT molecular complexity index is 454. The zero-order valence-corrected chi connectivity index (χ0v) is 9.71. The molecule has 3 nitrogen and oxygen atoms in total. The maximum atomic E-state index is 11.8. The molecule has 1 atom stereocenters. The number of carbonyl (C=O) groups is 2. The van der Waals surface area contributed by atoms with Crippen molar-refractivity contribution in [2.75, 3.05) is 0 Å².